The standard InChI is InChI=1S/C22H23ClN2O3/c1-13-19(21(26)24-14(2)22(27-3)28-4)17-10-5-6-11-18(17)25-20(13)15-8-7-9-16(23)12-15/h5-12,14,22H,1-4H3,(H,24,26). The molecule has 0 radical (unpaired) electrons. The molecular formula is C22H23ClN2O3. The van der Waals surface area contributed by atoms with Crippen molar-refractivity contribution in [2.75, 3.05) is 14.2 Å². The van der Waals surface area contributed by atoms with E-state index in [9.17, 15) is 4.79 Å². The van der Waals surface area contributed by atoms with Crippen molar-refractivity contribution in [1.29, 1.82) is 0 Å². The van der Waals surface area contributed by atoms with Crippen LogP contribution in [0.5, 0.6) is 0 Å². The van der Waals surface area contributed by atoms with Crippen LogP contribution in [0, 0.1) is 6.92 Å². The lowest BCUT2D eigenvalue weighted by atomic mass is 9.97. The van der Waals surface area contributed by atoms with Crippen LogP contribution in [0.3, 0.4) is 0 Å². The molecule has 0 aliphatic rings. The van der Waals surface area contributed by atoms with E-state index in [1.165, 1.54) is 0 Å². The van der Waals surface area contributed by atoms with E-state index in [1.807, 2.05) is 62.4 Å². The fraction of sp³-hybridized carbons (Fsp3) is 0.273. The van der Waals surface area contributed by atoms with Crippen molar-refractivity contribution in [3.05, 3.63) is 64.7 Å². The van der Waals surface area contributed by atoms with Crippen LogP contribution >= 0.6 is 11.6 Å². The Hall–Kier alpha value is -2.47. The number of benzene rings is 2. The van der Waals surface area contributed by atoms with Crippen LogP contribution < -0.4 is 5.32 Å². The van der Waals surface area contributed by atoms with Gasteiger partial charge in [-0.3, -0.25) is 4.79 Å². The third-order valence-corrected chi connectivity index (χ3v) is 4.93. The van der Waals surface area contributed by atoms with Gasteiger partial charge in [-0.05, 0) is 37.6 Å². The Morgan fingerprint density at radius 1 is 1.11 bits per heavy atom. The number of nitrogens with zero attached hydrogens (tertiary/aromatic N) is 1. The molecule has 0 bridgehead atoms. The summed E-state index contributed by atoms with van der Waals surface area (Å²) >= 11 is 6.17. The summed E-state index contributed by atoms with van der Waals surface area (Å²) in [5.74, 6) is -0.203. The number of carbonyl (C=O) groups excluding carboxylic acids is 1. The highest BCUT2D eigenvalue weighted by Crippen LogP contribution is 2.31. The molecule has 146 valence electrons. The Kier molecular flexibility index (Phi) is 6.29. The van der Waals surface area contributed by atoms with Gasteiger partial charge in [-0.1, -0.05) is 41.9 Å². The minimum absolute atomic E-state index is 0.203. The lowest BCUT2D eigenvalue weighted by Gasteiger charge is -2.23. The second-order valence-electron chi connectivity index (χ2n) is 6.59. The van der Waals surface area contributed by atoms with Gasteiger partial charge in [0.05, 0.1) is 22.8 Å². The molecule has 0 saturated heterocycles. The minimum atomic E-state index is -0.537. The maximum Gasteiger partial charge on any atom is 0.252 e. The number of halogens is 1. The normalized spacial score (nSPS) is 12.4. The van der Waals surface area contributed by atoms with Crippen LogP contribution in [0.4, 0.5) is 0 Å². The molecule has 0 aliphatic heterocycles. The van der Waals surface area contributed by atoms with Crippen LogP contribution in [0.15, 0.2) is 48.5 Å². The first kappa shape index (κ1) is 20.3. The summed E-state index contributed by atoms with van der Waals surface area (Å²) in [5.41, 5.74) is 3.71. The minimum Gasteiger partial charge on any atom is -0.354 e. The second-order valence-corrected chi connectivity index (χ2v) is 7.03. The quantitative estimate of drug-likeness (QED) is 0.616. The molecule has 1 heterocycles. The van der Waals surface area contributed by atoms with E-state index in [4.69, 9.17) is 26.1 Å². The van der Waals surface area contributed by atoms with Crippen molar-refractivity contribution >= 4 is 28.4 Å². The van der Waals surface area contributed by atoms with Gasteiger partial charge in [-0.25, -0.2) is 4.98 Å². The Morgan fingerprint density at radius 2 is 1.82 bits per heavy atom. The van der Waals surface area contributed by atoms with E-state index >= 15 is 0 Å². The number of fused-ring (bicyclic) bond motifs is 1. The summed E-state index contributed by atoms with van der Waals surface area (Å²) in [7, 11) is 3.09. The van der Waals surface area contributed by atoms with E-state index in [2.05, 4.69) is 5.32 Å². The highest BCUT2D eigenvalue weighted by Gasteiger charge is 2.23. The van der Waals surface area contributed by atoms with Gasteiger partial charge in [0.15, 0.2) is 6.29 Å². The van der Waals surface area contributed by atoms with Crippen molar-refractivity contribution in [2.24, 2.45) is 0 Å². The predicted molar refractivity (Wildman–Crippen MR) is 112 cm³/mol. The number of para-hydroxylation sites is 1. The van der Waals surface area contributed by atoms with Gasteiger partial charge in [0, 0.05) is 30.2 Å². The molecule has 1 amide bonds. The average Bonchev–Trinajstić information content (AvgIpc) is 2.68. The zero-order valence-corrected chi connectivity index (χ0v) is 17.1. The summed E-state index contributed by atoms with van der Waals surface area (Å²) in [6, 6.07) is 14.7. The molecule has 3 rings (SSSR count). The van der Waals surface area contributed by atoms with E-state index < -0.39 is 6.29 Å². The summed E-state index contributed by atoms with van der Waals surface area (Å²) in [6.45, 7) is 3.74. The Balaban J connectivity index is 2.13. The molecule has 5 nitrogen and oxygen atoms in total. The molecule has 1 atom stereocenters. The molecule has 1 N–H and O–H groups in total. The average molecular weight is 399 g/mol. The second kappa shape index (κ2) is 8.69. The third kappa shape index (κ3) is 4.02. The van der Waals surface area contributed by atoms with Gasteiger partial charge in [-0.15, -0.1) is 0 Å². The van der Waals surface area contributed by atoms with Crippen LogP contribution in [0.25, 0.3) is 22.2 Å². The molecular weight excluding hydrogens is 376 g/mol. The van der Waals surface area contributed by atoms with Gasteiger partial charge >= 0.3 is 0 Å². The molecule has 0 fully saturated rings. The Morgan fingerprint density at radius 3 is 2.50 bits per heavy atom. The number of ether oxygens (including phenoxy) is 2. The van der Waals surface area contributed by atoms with Gasteiger partial charge in [0.25, 0.3) is 5.91 Å². The predicted octanol–water partition coefficient (Wildman–Crippen LogP) is 4.60. The Bertz CT molecular complexity index is 1000. The summed E-state index contributed by atoms with van der Waals surface area (Å²) in [4.78, 5) is 18.0. The number of hydrogen-bond acceptors (Lipinski definition) is 4. The molecule has 2 aromatic carbocycles. The first-order chi connectivity index (χ1) is 13.5. The topological polar surface area (TPSA) is 60.5 Å². The van der Waals surface area contributed by atoms with Gasteiger partial charge < -0.3 is 14.8 Å². The summed E-state index contributed by atoms with van der Waals surface area (Å²) in [5, 5.41) is 4.39. The molecule has 1 aromatic heterocycles. The number of amides is 1. The maximum absolute atomic E-state index is 13.2. The molecule has 3 aromatic rings. The fourth-order valence-electron chi connectivity index (χ4n) is 3.37. The fourth-order valence-corrected chi connectivity index (χ4v) is 3.56. The largest absolute Gasteiger partial charge is 0.354 e. The first-order valence-corrected chi connectivity index (χ1v) is 9.35. The number of methoxy groups -OCH3 is 2. The van der Waals surface area contributed by atoms with Crippen molar-refractivity contribution in [1.82, 2.24) is 10.3 Å². The van der Waals surface area contributed by atoms with Crippen LogP contribution in [0.1, 0.15) is 22.8 Å². The smallest absolute Gasteiger partial charge is 0.252 e. The van der Waals surface area contributed by atoms with Gasteiger partial charge in [0.2, 0.25) is 0 Å². The maximum atomic E-state index is 13.2. The van der Waals surface area contributed by atoms with Crippen LogP contribution in [-0.4, -0.2) is 37.4 Å². The van der Waals surface area contributed by atoms with E-state index in [0.717, 1.165) is 27.7 Å². The number of pyridine rings is 1. The molecule has 0 saturated carbocycles. The SMILES string of the molecule is COC(OC)C(C)NC(=O)c1c(C)c(-c2cccc(Cl)c2)nc2ccccc12. The highest BCUT2D eigenvalue weighted by molar-refractivity contribution is 6.30. The number of aromatic nitrogens is 1. The Labute approximate surface area is 169 Å². The zero-order valence-electron chi connectivity index (χ0n) is 16.3. The number of carbonyl (C=O) groups is 1. The highest BCUT2D eigenvalue weighted by atomic mass is 35.5. The lowest BCUT2D eigenvalue weighted by molar-refractivity contribution is -0.117. The van der Waals surface area contributed by atoms with E-state index in [1.54, 1.807) is 14.2 Å². The molecule has 0 aliphatic carbocycles. The van der Waals surface area contributed by atoms with Crippen molar-refractivity contribution in [3.8, 4) is 11.3 Å². The zero-order chi connectivity index (χ0) is 20.3. The molecule has 0 spiro atoms. The van der Waals surface area contributed by atoms with Crippen molar-refractivity contribution < 1.29 is 14.3 Å². The number of nitrogens with one attached hydrogen (secondary N) is 1. The molecule has 1 unspecified atom stereocenters. The van der Waals surface area contributed by atoms with Crippen molar-refractivity contribution in [2.45, 2.75) is 26.2 Å². The van der Waals surface area contributed by atoms with Gasteiger partial charge in [-0.2, -0.15) is 0 Å². The van der Waals surface area contributed by atoms with E-state index in [0.29, 0.717) is 10.6 Å². The first-order valence-electron chi connectivity index (χ1n) is 8.98. The number of rotatable bonds is 6. The molecule has 28 heavy (non-hydrogen) atoms. The number of hydrogen-bond donors (Lipinski definition) is 1. The summed E-state index contributed by atoms with van der Waals surface area (Å²) < 4.78 is 10.5. The monoisotopic (exact) mass is 398 g/mol. The summed E-state index contributed by atoms with van der Waals surface area (Å²) in [6.07, 6.45) is -0.537. The van der Waals surface area contributed by atoms with E-state index in [-0.39, 0.29) is 11.9 Å². The lowest BCUT2D eigenvalue weighted by Crippen LogP contribution is -2.43. The molecule has 6 heteroatoms. The van der Waals surface area contributed by atoms with Crippen LogP contribution in [0.2, 0.25) is 5.02 Å². The van der Waals surface area contributed by atoms with Crippen molar-refractivity contribution in [3.63, 3.8) is 0 Å². The van der Waals surface area contributed by atoms with Gasteiger partial charge in [0.1, 0.15) is 0 Å². The third-order valence-electron chi connectivity index (χ3n) is 4.69. The van der Waals surface area contributed by atoms with Crippen LogP contribution in [-0.2, 0) is 9.47 Å².